The third-order valence-electron chi connectivity index (χ3n) is 4.38. The predicted molar refractivity (Wildman–Crippen MR) is 88.7 cm³/mol. The van der Waals surface area contributed by atoms with E-state index in [4.69, 9.17) is 5.14 Å². The summed E-state index contributed by atoms with van der Waals surface area (Å²) in [7, 11) is -3.72. The van der Waals surface area contributed by atoms with Crippen LogP contribution < -0.4 is 10.5 Å². The highest BCUT2D eigenvalue weighted by Crippen LogP contribution is 2.30. The van der Waals surface area contributed by atoms with E-state index < -0.39 is 10.0 Å². The van der Waals surface area contributed by atoms with Crippen molar-refractivity contribution in [3.8, 4) is 0 Å². The number of aromatic amines is 1. The number of hydrogen-bond acceptors (Lipinski definition) is 4. The second-order valence-electron chi connectivity index (χ2n) is 6.11. The molecular formula is C16H20N4O3S. The number of H-pyrrole nitrogens is 1. The van der Waals surface area contributed by atoms with Crippen molar-refractivity contribution in [2.45, 2.75) is 43.5 Å². The molecule has 24 heavy (non-hydrogen) atoms. The summed E-state index contributed by atoms with van der Waals surface area (Å²) in [6.45, 7) is 2.03. The van der Waals surface area contributed by atoms with Crippen LogP contribution in [0.1, 0.15) is 41.1 Å². The molecule has 2 aromatic rings. The zero-order chi connectivity index (χ0) is 17.3. The van der Waals surface area contributed by atoms with Crippen LogP contribution in [0.15, 0.2) is 29.3 Å². The molecule has 128 valence electrons. The van der Waals surface area contributed by atoms with E-state index in [-0.39, 0.29) is 16.7 Å². The van der Waals surface area contributed by atoms with Crippen molar-refractivity contribution in [3.63, 3.8) is 0 Å². The lowest BCUT2D eigenvalue weighted by Gasteiger charge is -2.21. The summed E-state index contributed by atoms with van der Waals surface area (Å²) in [5, 5.41) is 15.1. The molecule has 1 amide bonds. The van der Waals surface area contributed by atoms with E-state index in [0.29, 0.717) is 12.1 Å². The Morgan fingerprint density at radius 1 is 1.46 bits per heavy atom. The summed E-state index contributed by atoms with van der Waals surface area (Å²) in [4.78, 5) is 12.6. The summed E-state index contributed by atoms with van der Waals surface area (Å²) in [5.41, 5.74) is 3.41. The number of aromatic nitrogens is 2. The molecule has 0 spiro atoms. The molecule has 0 saturated carbocycles. The predicted octanol–water partition coefficient (Wildman–Crippen LogP) is 1.10. The Balaban J connectivity index is 1.69. The van der Waals surface area contributed by atoms with Crippen molar-refractivity contribution in [1.82, 2.24) is 15.5 Å². The van der Waals surface area contributed by atoms with E-state index in [1.54, 1.807) is 25.3 Å². The second-order valence-corrected chi connectivity index (χ2v) is 7.64. The number of nitrogens with two attached hydrogens (primary N) is 1. The second kappa shape index (κ2) is 6.37. The summed E-state index contributed by atoms with van der Waals surface area (Å²) in [5.74, 6) is -0.220. The number of rotatable bonds is 4. The van der Waals surface area contributed by atoms with Crippen LogP contribution in [0.4, 0.5) is 0 Å². The van der Waals surface area contributed by atoms with Crippen molar-refractivity contribution in [2.24, 2.45) is 5.14 Å². The lowest BCUT2D eigenvalue weighted by atomic mass is 9.86. The van der Waals surface area contributed by atoms with Gasteiger partial charge in [0.25, 0.3) is 0 Å². The number of carbonyl (C=O) groups excluding carboxylic acids is 1. The normalized spacial score (nSPS) is 17.3. The van der Waals surface area contributed by atoms with Gasteiger partial charge in [0.15, 0.2) is 0 Å². The minimum atomic E-state index is -3.72. The Morgan fingerprint density at radius 3 is 2.96 bits per heavy atom. The van der Waals surface area contributed by atoms with Gasteiger partial charge in [-0.25, -0.2) is 13.6 Å². The van der Waals surface area contributed by atoms with Crippen molar-refractivity contribution in [3.05, 3.63) is 46.8 Å². The number of sulfonamides is 1. The molecule has 0 fully saturated rings. The van der Waals surface area contributed by atoms with Gasteiger partial charge in [0.05, 0.1) is 17.0 Å². The molecular weight excluding hydrogens is 328 g/mol. The van der Waals surface area contributed by atoms with Gasteiger partial charge in [-0.3, -0.25) is 9.89 Å². The smallest absolute Gasteiger partial charge is 0.238 e. The van der Waals surface area contributed by atoms with Crippen LogP contribution in [0.25, 0.3) is 0 Å². The highest BCUT2D eigenvalue weighted by Gasteiger charge is 2.27. The molecule has 1 atom stereocenters. The highest BCUT2D eigenvalue weighted by molar-refractivity contribution is 7.89. The number of fused-ring (bicyclic) bond motifs is 1. The van der Waals surface area contributed by atoms with Crippen LogP contribution in [0.5, 0.6) is 0 Å². The number of nitrogens with one attached hydrogen (secondary N) is 2. The van der Waals surface area contributed by atoms with Crippen LogP contribution >= 0.6 is 0 Å². The van der Waals surface area contributed by atoms with Crippen molar-refractivity contribution >= 4 is 15.9 Å². The molecule has 3 rings (SSSR count). The molecule has 0 bridgehead atoms. The number of amides is 1. The van der Waals surface area contributed by atoms with Gasteiger partial charge in [-0.1, -0.05) is 12.1 Å². The molecule has 4 N–H and O–H groups in total. The average molecular weight is 348 g/mol. The summed E-state index contributed by atoms with van der Waals surface area (Å²) in [6.07, 6.45) is 4.41. The molecule has 1 aromatic heterocycles. The number of carbonyl (C=O) groups is 1. The number of hydrogen-bond donors (Lipinski definition) is 3. The van der Waals surface area contributed by atoms with Crippen molar-refractivity contribution in [2.75, 3.05) is 0 Å². The molecule has 0 saturated heterocycles. The third-order valence-corrected chi connectivity index (χ3v) is 5.45. The maximum atomic E-state index is 12.5. The van der Waals surface area contributed by atoms with Gasteiger partial charge in [0, 0.05) is 17.8 Å². The SMILES string of the molecule is Cc1cc(CNC(=O)C2CCCc3[nH]ncc32)ccc1S(N)(=O)=O. The molecule has 0 aliphatic heterocycles. The molecule has 0 radical (unpaired) electrons. The molecule has 1 aliphatic rings. The Kier molecular flexibility index (Phi) is 4.42. The van der Waals surface area contributed by atoms with Gasteiger partial charge in [-0.2, -0.15) is 5.10 Å². The van der Waals surface area contributed by atoms with Gasteiger partial charge < -0.3 is 5.32 Å². The lowest BCUT2D eigenvalue weighted by molar-refractivity contribution is -0.123. The van der Waals surface area contributed by atoms with Crippen molar-refractivity contribution < 1.29 is 13.2 Å². The molecule has 1 unspecified atom stereocenters. The number of benzene rings is 1. The Labute approximate surface area is 140 Å². The largest absolute Gasteiger partial charge is 0.351 e. The lowest BCUT2D eigenvalue weighted by Crippen LogP contribution is -2.30. The van der Waals surface area contributed by atoms with Gasteiger partial charge in [-0.05, 0) is 43.4 Å². The van der Waals surface area contributed by atoms with Crippen LogP contribution in [0.3, 0.4) is 0 Å². The van der Waals surface area contributed by atoms with Crippen LogP contribution in [-0.4, -0.2) is 24.5 Å². The molecule has 1 heterocycles. The molecule has 1 aromatic carbocycles. The average Bonchev–Trinajstić information content (AvgIpc) is 2.99. The van der Waals surface area contributed by atoms with Crippen LogP contribution in [0.2, 0.25) is 0 Å². The topological polar surface area (TPSA) is 118 Å². The first-order chi connectivity index (χ1) is 11.4. The zero-order valence-electron chi connectivity index (χ0n) is 13.4. The fraction of sp³-hybridized carbons (Fsp3) is 0.375. The van der Waals surface area contributed by atoms with E-state index in [2.05, 4.69) is 15.5 Å². The summed E-state index contributed by atoms with van der Waals surface area (Å²) >= 11 is 0. The van der Waals surface area contributed by atoms with E-state index >= 15 is 0 Å². The first-order valence-corrected chi connectivity index (χ1v) is 9.33. The van der Waals surface area contributed by atoms with Crippen LogP contribution in [-0.2, 0) is 27.8 Å². The zero-order valence-corrected chi connectivity index (χ0v) is 14.2. The number of nitrogens with zero attached hydrogens (tertiary/aromatic N) is 1. The standard InChI is InChI=1S/C16H20N4O3S/c1-10-7-11(5-6-15(10)24(17,22)23)8-18-16(21)12-3-2-4-14-13(12)9-19-20-14/h5-7,9,12H,2-4,8H2,1H3,(H,18,21)(H,19,20)(H2,17,22,23). The third kappa shape index (κ3) is 3.34. The maximum Gasteiger partial charge on any atom is 0.238 e. The van der Waals surface area contributed by atoms with E-state index in [9.17, 15) is 13.2 Å². The van der Waals surface area contributed by atoms with E-state index in [0.717, 1.165) is 36.1 Å². The van der Waals surface area contributed by atoms with Gasteiger partial charge in [0.1, 0.15) is 0 Å². The number of aryl methyl sites for hydroxylation is 2. The monoisotopic (exact) mass is 348 g/mol. The minimum absolute atomic E-state index is 0.0366. The molecule has 1 aliphatic carbocycles. The van der Waals surface area contributed by atoms with Gasteiger partial charge in [-0.15, -0.1) is 0 Å². The highest BCUT2D eigenvalue weighted by atomic mass is 32.2. The first kappa shape index (κ1) is 16.7. The van der Waals surface area contributed by atoms with Gasteiger partial charge in [0.2, 0.25) is 15.9 Å². The summed E-state index contributed by atoms with van der Waals surface area (Å²) < 4.78 is 22.9. The Hall–Kier alpha value is -2.19. The minimum Gasteiger partial charge on any atom is -0.351 e. The first-order valence-electron chi connectivity index (χ1n) is 7.78. The van der Waals surface area contributed by atoms with Gasteiger partial charge >= 0.3 is 0 Å². The van der Waals surface area contributed by atoms with E-state index in [1.807, 2.05) is 0 Å². The Bertz CT molecular complexity index is 873. The number of primary sulfonamides is 1. The summed E-state index contributed by atoms with van der Waals surface area (Å²) in [6, 6.07) is 4.86. The fourth-order valence-corrected chi connectivity index (χ4v) is 3.95. The van der Waals surface area contributed by atoms with Crippen LogP contribution in [0, 0.1) is 6.92 Å². The van der Waals surface area contributed by atoms with E-state index in [1.165, 1.54) is 6.07 Å². The maximum absolute atomic E-state index is 12.5. The molecule has 7 nitrogen and oxygen atoms in total. The van der Waals surface area contributed by atoms with Crippen molar-refractivity contribution in [1.29, 1.82) is 0 Å². The Morgan fingerprint density at radius 2 is 2.25 bits per heavy atom. The molecule has 8 heteroatoms. The fourth-order valence-electron chi connectivity index (χ4n) is 3.19. The quantitative estimate of drug-likeness (QED) is 0.767.